The zero-order valence-electron chi connectivity index (χ0n) is 19.7. The summed E-state index contributed by atoms with van der Waals surface area (Å²) in [6.45, 7) is 0.545. The first-order chi connectivity index (χ1) is 17.6. The average molecular weight is 543 g/mol. The lowest BCUT2D eigenvalue weighted by Crippen LogP contribution is -2.13. The fourth-order valence-electron chi connectivity index (χ4n) is 3.65. The van der Waals surface area contributed by atoms with Crippen molar-refractivity contribution >= 4 is 39.1 Å². The number of hydrogen-bond acceptors (Lipinski definition) is 3. The number of anilines is 2. The van der Waals surface area contributed by atoms with Crippen LogP contribution in [0.1, 0.15) is 27.9 Å². The summed E-state index contributed by atoms with van der Waals surface area (Å²) < 4.78 is 6.59. The smallest absolute Gasteiger partial charge is 0.255 e. The molecule has 36 heavy (non-hydrogen) atoms. The largest absolute Gasteiger partial charge is 0.492 e. The second kappa shape index (κ2) is 12.7. The van der Waals surface area contributed by atoms with E-state index in [-0.39, 0.29) is 11.8 Å². The van der Waals surface area contributed by atoms with Crippen LogP contribution in [-0.2, 0) is 17.6 Å². The number of nitrogens with one attached hydrogen (secondary N) is 2. The van der Waals surface area contributed by atoms with E-state index in [1.54, 1.807) is 42.5 Å². The molecule has 0 aliphatic carbocycles. The second-order valence-electron chi connectivity index (χ2n) is 8.29. The average Bonchev–Trinajstić information content (AvgIpc) is 2.91. The number of amides is 2. The van der Waals surface area contributed by atoms with Crippen LogP contribution in [0, 0.1) is 0 Å². The Labute approximate surface area is 219 Å². The molecule has 4 aromatic rings. The molecular formula is C30H27BrN2O3. The highest BCUT2D eigenvalue weighted by molar-refractivity contribution is 9.10. The summed E-state index contributed by atoms with van der Waals surface area (Å²) in [4.78, 5) is 25.0. The lowest BCUT2D eigenvalue weighted by atomic mass is 10.1. The number of aryl methyl sites for hydroxylation is 1. The Hall–Kier alpha value is -3.90. The lowest BCUT2D eigenvalue weighted by molar-refractivity contribution is -0.116. The molecule has 2 amide bonds. The van der Waals surface area contributed by atoms with Gasteiger partial charge in [-0.25, -0.2) is 0 Å². The highest BCUT2D eigenvalue weighted by Gasteiger charge is 2.10. The number of carbonyl (C=O) groups is 2. The van der Waals surface area contributed by atoms with E-state index in [2.05, 4.69) is 38.7 Å². The summed E-state index contributed by atoms with van der Waals surface area (Å²) in [5.41, 5.74) is 4.18. The van der Waals surface area contributed by atoms with Crippen LogP contribution in [0.15, 0.2) is 108 Å². The maximum atomic E-state index is 12.7. The number of carbonyl (C=O) groups excluding carboxylic acids is 2. The Morgan fingerprint density at radius 1 is 0.694 bits per heavy atom. The molecule has 0 unspecified atom stereocenters. The molecule has 0 aromatic heterocycles. The van der Waals surface area contributed by atoms with E-state index in [0.717, 1.165) is 16.5 Å². The van der Waals surface area contributed by atoms with Crippen LogP contribution in [0.5, 0.6) is 5.75 Å². The third-order valence-corrected chi connectivity index (χ3v) is 6.21. The molecule has 0 heterocycles. The molecule has 4 aromatic carbocycles. The molecule has 0 bridgehead atoms. The van der Waals surface area contributed by atoms with E-state index in [9.17, 15) is 9.59 Å². The molecular weight excluding hydrogens is 516 g/mol. The molecule has 0 aliphatic heterocycles. The summed E-state index contributed by atoms with van der Waals surface area (Å²) in [6, 6.07) is 32.4. The van der Waals surface area contributed by atoms with Gasteiger partial charge in [0.2, 0.25) is 5.91 Å². The molecule has 0 saturated carbocycles. The van der Waals surface area contributed by atoms with Crippen molar-refractivity contribution in [2.75, 3.05) is 17.2 Å². The van der Waals surface area contributed by atoms with Gasteiger partial charge in [-0.2, -0.15) is 0 Å². The molecule has 0 saturated heterocycles. The highest BCUT2D eigenvalue weighted by atomic mass is 79.9. The van der Waals surface area contributed by atoms with Crippen molar-refractivity contribution in [3.05, 3.63) is 124 Å². The number of rotatable bonds is 10. The zero-order chi connectivity index (χ0) is 25.2. The SMILES string of the molecule is O=C(CCc1ccccc1)Nc1ccc(NC(=O)c2ccc(OCCc3ccccc3)c(Br)c2)cc1. The first-order valence-corrected chi connectivity index (χ1v) is 12.6. The van der Waals surface area contributed by atoms with Gasteiger partial charge in [0.15, 0.2) is 0 Å². The first kappa shape index (κ1) is 25.2. The van der Waals surface area contributed by atoms with Gasteiger partial charge in [-0.3, -0.25) is 9.59 Å². The van der Waals surface area contributed by atoms with Gasteiger partial charge in [-0.15, -0.1) is 0 Å². The molecule has 0 spiro atoms. The molecule has 6 heteroatoms. The van der Waals surface area contributed by atoms with Crippen LogP contribution in [-0.4, -0.2) is 18.4 Å². The molecule has 4 rings (SSSR count). The van der Waals surface area contributed by atoms with Gasteiger partial charge in [0.05, 0.1) is 11.1 Å². The molecule has 182 valence electrons. The Bertz CT molecular complexity index is 1290. The lowest BCUT2D eigenvalue weighted by Gasteiger charge is -2.11. The Kier molecular flexibility index (Phi) is 8.89. The van der Waals surface area contributed by atoms with Gasteiger partial charge in [-0.05, 0) is 75.9 Å². The van der Waals surface area contributed by atoms with Gasteiger partial charge in [0, 0.05) is 29.8 Å². The minimum atomic E-state index is -0.230. The van der Waals surface area contributed by atoms with Crippen molar-refractivity contribution in [1.82, 2.24) is 0 Å². The van der Waals surface area contributed by atoms with Crippen LogP contribution in [0.25, 0.3) is 0 Å². The summed E-state index contributed by atoms with van der Waals surface area (Å²) in [7, 11) is 0. The summed E-state index contributed by atoms with van der Waals surface area (Å²) in [6.07, 6.45) is 1.90. The fraction of sp³-hybridized carbons (Fsp3) is 0.133. The van der Waals surface area contributed by atoms with Crippen molar-refractivity contribution in [3.63, 3.8) is 0 Å². The molecule has 0 radical (unpaired) electrons. The fourth-order valence-corrected chi connectivity index (χ4v) is 4.14. The number of hydrogen-bond donors (Lipinski definition) is 2. The van der Waals surface area contributed by atoms with Crippen LogP contribution in [0.3, 0.4) is 0 Å². The van der Waals surface area contributed by atoms with Crippen molar-refractivity contribution in [2.45, 2.75) is 19.3 Å². The van der Waals surface area contributed by atoms with Crippen molar-refractivity contribution in [3.8, 4) is 5.75 Å². The van der Waals surface area contributed by atoms with E-state index in [4.69, 9.17) is 4.74 Å². The standard InChI is InChI=1S/C30H27BrN2O3/c31-27-21-24(12-17-28(27)36-20-19-23-9-5-2-6-10-23)30(35)33-26-15-13-25(14-16-26)32-29(34)18-11-22-7-3-1-4-8-22/h1-10,12-17,21H,11,18-20H2,(H,32,34)(H,33,35). The maximum absolute atomic E-state index is 12.7. The predicted octanol–water partition coefficient (Wildman–Crippen LogP) is 6.89. The van der Waals surface area contributed by atoms with E-state index in [1.165, 1.54) is 5.56 Å². The van der Waals surface area contributed by atoms with E-state index >= 15 is 0 Å². The predicted molar refractivity (Wildman–Crippen MR) is 148 cm³/mol. The third-order valence-electron chi connectivity index (χ3n) is 5.60. The summed E-state index contributed by atoms with van der Waals surface area (Å²) in [5.74, 6) is 0.410. The Balaban J connectivity index is 1.25. The molecule has 2 N–H and O–H groups in total. The number of ether oxygens (including phenoxy) is 1. The summed E-state index contributed by atoms with van der Waals surface area (Å²) >= 11 is 3.50. The highest BCUT2D eigenvalue weighted by Crippen LogP contribution is 2.27. The topological polar surface area (TPSA) is 67.4 Å². The van der Waals surface area contributed by atoms with Gasteiger partial charge >= 0.3 is 0 Å². The van der Waals surface area contributed by atoms with Gasteiger partial charge < -0.3 is 15.4 Å². The second-order valence-corrected chi connectivity index (χ2v) is 9.15. The van der Waals surface area contributed by atoms with E-state index in [1.807, 2.05) is 48.5 Å². The van der Waals surface area contributed by atoms with Gasteiger partial charge in [0.25, 0.3) is 5.91 Å². The van der Waals surface area contributed by atoms with Gasteiger partial charge in [0.1, 0.15) is 5.75 Å². The first-order valence-electron chi connectivity index (χ1n) is 11.8. The molecule has 0 fully saturated rings. The maximum Gasteiger partial charge on any atom is 0.255 e. The Morgan fingerprint density at radius 3 is 1.89 bits per heavy atom. The van der Waals surface area contributed by atoms with Crippen molar-refractivity contribution in [2.24, 2.45) is 0 Å². The zero-order valence-corrected chi connectivity index (χ0v) is 21.3. The number of halogens is 1. The summed E-state index contributed by atoms with van der Waals surface area (Å²) in [5, 5.41) is 5.78. The van der Waals surface area contributed by atoms with Crippen molar-refractivity contribution in [1.29, 1.82) is 0 Å². The van der Waals surface area contributed by atoms with Crippen LogP contribution in [0.4, 0.5) is 11.4 Å². The number of benzene rings is 4. The van der Waals surface area contributed by atoms with Crippen molar-refractivity contribution < 1.29 is 14.3 Å². The molecule has 5 nitrogen and oxygen atoms in total. The minimum Gasteiger partial charge on any atom is -0.492 e. The van der Waals surface area contributed by atoms with Crippen LogP contribution in [0.2, 0.25) is 0 Å². The quantitative estimate of drug-likeness (QED) is 0.229. The third kappa shape index (κ3) is 7.55. The van der Waals surface area contributed by atoms with Gasteiger partial charge in [-0.1, -0.05) is 60.7 Å². The van der Waals surface area contributed by atoms with Crippen LogP contribution < -0.4 is 15.4 Å². The Morgan fingerprint density at radius 2 is 1.28 bits per heavy atom. The normalized spacial score (nSPS) is 10.5. The molecule has 0 atom stereocenters. The molecule has 0 aliphatic rings. The van der Waals surface area contributed by atoms with E-state index < -0.39 is 0 Å². The van der Waals surface area contributed by atoms with Crippen LogP contribution >= 0.6 is 15.9 Å². The van der Waals surface area contributed by atoms with E-state index in [0.29, 0.717) is 42.1 Å². The monoisotopic (exact) mass is 542 g/mol. The minimum absolute atomic E-state index is 0.0495.